The minimum Gasteiger partial charge on any atom is -0.355 e. The van der Waals surface area contributed by atoms with E-state index in [1.54, 1.807) is 6.20 Å². The van der Waals surface area contributed by atoms with Gasteiger partial charge in [0, 0.05) is 38.3 Å². The zero-order valence-corrected chi connectivity index (χ0v) is 10.5. The number of amides is 1. The van der Waals surface area contributed by atoms with Crippen molar-refractivity contribution < 1.29 is 4.79 Å². The summed E-state index contributed by atoms with van der Waals surface area (Å²) in [6.45, 7) is 3.74. The lowest BCUT2D eigenvalue weighted by Gasteiger charge is -2.43. The summed E-state index contributed by atoms with van der Waals surface area (Å²) in [5.74, 6) is 0.814. The summed E-state index contributed by atoms with van der Waals surface area (Å²) in [5.41, 5.74) is 0. The number of carbonyl (C=O) groups excluding carboxylic acids is 1. The minimum absolute atomic E-state index is 0.0968. The second-order valence-electron chi connectivity index (χ2n) is 5.25. The Morgan fingerprint density at radius 3 is 3.06 bits per heavy atom. The summed E-state index contributed by atoms with van der Waals surface area (Å²) in [6, 6.07) is 0.0968. The Hall–Kier alpha value is -1.43. The molecule has 1 aromatic heterocycles. The zero-order valence-electron chi connectivity index (χ0n) is 10.5. The van der Waals surface area contributed by atoms with Gasteiger partial charge in [0.15, 0.2) is 0 Å². The highest BCUT2D eigenvalue weighted by Gasteiger charge is 2.36. The molecule has 3 rings (SSSR count). The second kappa shape index (κ2) is 5.06. The molecule has 1 unspecified atom stereocenters. The molecule has 0 radical (unpaired) electrons. The highest BCUT2D eigenvalue weighted by molar-refractivity contribution is 5.82. The van der Waals surface area contributed by atoms with Crippen LogP contribution < -0.4 is 5.32 Å². The maximum absolute atomic E-state index is 11.9. The van der Waals surface area contributed by atoms with Gasteiger partial charge in [-0.05, 0) is 19.3 Å². The van der Waals surface area contributed by atoms with Crippen LogP contribution in [0.5, 0.6) is 0 Å². The molecule has 0 bridgehead atoms. The predicted molar refractivity (Wildman–Crippen MR) is 65.7 cm³/mol. The van der Waals surface area contributed by atoms with Gasteiger partial charge in [0.1, 0.15) is 0 Å². The molecular formula is C12H19N5O. The molecule has 2 fully saturated rings. The van der Waals surface area contributed by atoms with Crippen molar-refractivity contribution >= 4 is 5.91 Å². The van der Waals surface area contributed by atoms with Gasteiger partial charge in [0.25, 0.3) is 0 Å². The van der Waals surface area contributed by atoms with Gasteiger partial charge >= 0.3 is 0 Å². The van der Waals surface area contributed by atoms with Crippen LogP contribution in [0.3, 0.4) is 0 Å². The number of carbonyl (C=O) groups is 1. The van der Waals surface area contributed by atoms with Crippen LogP contribution in [0.4, 0.5) is 0 Å². The smallest absolute Gasteiger partial charge is 0.237 e. The number of nitrogens with zero attached hydrogens (tertiary/aromatic N) is 4. The van der Waals surface area contributed by atoms with Crippen molar-refractivity contribution in [2.24, 2.45) is 5.92 Å². The van der Waals surface area contributed by atoms with Crippen molar-refractivity contribution in [2.75, 3.05) is 19.6 Å². The van der Waals surface area contributed by atoms with Crippen LogP contribution in [-0.4, -0.2) is 51.5 Å². The predicted octanol–water partition coefficient (Wildman–Crippen LogP) is -0.121. The minimum atomic E-state index is 0.0968. The van der Waals surface area contributed by atoms with E-state index in [-0.39, 0.29) is 11.9 Å². The molecule has 98 valence electrons. The van der Waals surface area contributed by atoms with E-state index in [0.717, 1.165) is 45.4 Å². The first-order chi connectivity index (χ1) is 8.83. The molecule has 3 heterocycles. The van der Waals surface area contributed by atoms with Gasteiger partial charge in [-0.2, -0.15) is 0 Å². The normalized spacial score (nSPS) is 26.4. The van der Waals surface area contributed by atoms with Crippen LogP contribution in [0.2, 0.25) is 0 Å². The Balaban J connectivity index is 1.50. The van der Waals surface area contributed by atoms with Crippen LogP contribution in [0.1, 0.15) is 19.3 Å². The molecule has 1 N–H and O–H groups in total. The third-order valence-electron chi connectivity index (χ3n) is 3.85. The topological polar surface area (TPSA) is 63.1 Å². The average Bonchev–Trinajstić information content (AvgIpc) is 2.73. The molecule has 1 atom stereocenters. The average molecular weight is 249 g/mol. The van der Waals surface area contributed by atoms with Crippen LogP contribution in [-0.2, 0) is 11.3 Å². The molecule has 2 aliphatic rings. The Morgan fingerprint density at radius 1 is 1.39 bits per heavy atom. The van der Waals surface area contributed by atoms with Crippen molar-refractivity contribution in [1.82, 2.24) is 25.2 Å². The standard InChI is InChI=1S/C12H19N5O/c18-12-11(3-1-2-4-13-12)16-7-10(8-16)9-17-6-5-14-15-17/h5-6,10-11H,1-4,7-9H2,(H,13,18). The van der Waals surface area contributed by atoms with Crippen molar-refractivity contribution in [3.8, 4) is 0 Å². The van der Waals surface area contributed by atoms with Crippen LogP contribution in [0, 0.1) is 5.92 Å². The van der Waals surface area contributed by atoms with E-state index in [0.29, 0.717) is 5.92 Å². The Bertz CT molecular complexity index is 399. The van der Waals surface area contributed by atoms with Gasteiger partial charge in [-0.3, -0.25) is 14.4 Å². The fourth-order valence-electron chi connectivity index (χ4n) is 2.85. The molecule has 0 aliphatic carbocycles. The molecule has 2 aliphatic heterocycles. The summed E-state index contributed by atoms with van der Waals surface area (Å²) in [5, 5.41) is 10.8. The fraction of sp³-hybridized carbons (Fsp3) is 0.750. The number of hydrogen-bond donors (Lipinski definition) is 1. The van der Waals surface area contributed by atoms with Crippen molar-refractivity contribution in [3.63, 3.8) is 0 Å². The van der Waals surface area contributed by atoms with Gasteiger partial charge in [-0.25, -0.2) is 0 Å². The number of rotatable bonds is 3. The first-order valence-corrected chi connectivity index (χ1v) is 6.69. The van der Waals surface area contributed by atoms with Gasteiger partial charge in [0.05, 0.1) is 12.2 Å². The Kier molecular flexibility index (Phi) is 3.27. The molecule has 1 amide bonds. The second-order valence-corrected chi connectivity index (χ2v) is 5.25. The van der Waals surface area contributed by atoms with Crippen molar-refractivity contribution in [2.45, 2.75) is 31.8 Å². The lowest BCUT2D eigenvalue weighted by Crippen LogP contribution is -2.57. The molecule has 18 heavy (non-hydrogen) atoms. The monoisotopic (exact) mass is 249 g/mol. The van der Waals surface area contributed by atoms with E-state index >= 15 is 0 Å². The SMILES string of the molecule is O=C1NCCCCC1N1CC(Cn2ccnn2)C1. The summed E-state index contributed by atoms with van der Waals surface area (Å²) in [7, 11) is 0. The lowest BCUT2D eigenvalue weighted by atomic mass is 9.95. The third kappa shape index (κ3) is 2.38. The van der Waals surface area contributed by atoms with Crippen LogP contribution in [0.15, 0.2) is 12.4 Å². The number of hydrogen-bond acceptors (Lipinski definition) is 4. The van der Waals surface area contributed by atoms with Crippen LogP contribution >= 0.6 is 0 Å². The first kappa shape index (κ1) is 11.6. The quantitative estimate of drug-likeness (QED) is 0.811. The largest absolute Gasteiger partial charge is 0.355 e. The van der Waals surface area contributed by atoms with Gasteiger partial charge in [-0.1, -0.05) is 5.21 Å². The van der Waals surface area contributed by atoms with Crippen molar-refractivity contribution in [3.05, 3.63) is 12.4 Å². The summed E-state index contributed by atoms with van der Waals surface area (Å²) >= 11 is 0. The van der Waals surface area contributed by atoms with Gasteiger partial charge in [0.2, 0.25) is 5.91 Å². The molecule has 6 heteroatoms. The number of likely N-dealkylation sites (tertiary alicyclic amines) is 1. The van der Waals surface area contributed by atoms with Gasteiger partial charge < -0.3 is 5.32 Å². The summed E-state index contributed by atoms with van der Waals surface area (Å²) < 4.78 is 1.87. The van der Waals surface area contributed by atoms with E-state index in [4.69, 9.17) is 0 Å². The molecule has 0 saturated carbocycles. The van der Waals surface area contributed by atoms with E-state index < -0.39 is 0 Å². The highest BCUT2D eigenvalue weighted by Crippen LogP contribution is 2.23. The lowest BCUT2D eigenvalue weighted by molar-refractivity contribution is -0.129. The zero-order chi connectivity index (χ0) is 12.4. The summed E-state index contributed by atoms with van der Waals surface area (Å²) in [4.78, 5) is 14.2. The molecule has 0 aromatic carbocycles. The van der Waals surface area contributed by atoms with E-state index in [1.165, 1.54) is 0 Å². The van der Waals surface area contributed by atoms with E-state index in [1.807, 2.05) is 10.9 Å². The fourth-order valence-corrected chi connectivity index (χ4v) is 2.85. The highest BCUT2D eigenvalue weighted by atomic mass is 16.2. The maximum Gasteiger partial charge on any atom is 0.237 e. The Labute approximate surface area is 106 Å². The van der Waals surface area contributed by atoms with E-state index in [9.17, 15) is 4.79 Å². The molecule has 2 saturated heterocycles. The molecular weight excluding hydrogens is 230 g/mol. The van der Waals surface area contributed by atoms with Crippen molar-refractivity contribution in [1.29, 1.82) is 0 Å². The Morgan fingerprint density at radius 2 is 2.28 bits per heavy atom. The molecule has 6 nitrogen and oxygen atoms in total. The third-order valence-corrected chi connectivity index (χ3v) is 3.85. The van der Waals surface area contributed by atoms with Crippen LogP contribution in [0.25, 0.3) is 0 Å². The maximum atomic E-state index is 11.9. The number of aromatic nitrogens is 3. The first-order valence-electron chi connectivity index (χ1n) is 6.69. The van der Waals surface area contributed by atoms with Gasteiger partial charge in [-0.15, -0.1) is 5.10 Å². The molecule has 1 aromatic rings. The molecule has 0 spiro atoms. The van der Waals surface area contributed by atoms with E-state index in [2.05, 4.69) is 20.5 Å². The summed E-state index contributed by atoms with van der Waals surface area (Å²) in [6.07, 6.45) is 6.85. The number of nitrogens with one attached hydrogen (secondary N) is 1.